The SMILES string of the molecule is Cl.NCCNS(=O)(=O)c1cccc(NC(=O)CCC(=O)c2cccs2)c1. The topological polar surface area (TPSA) is 118 Å². The predicted molar refractivity (Wildman–Crippen MR) is 104 cm³/mol. The smallest absolute Gasteiger partial charge is 0.240 e. The lowest BCUT2D eigenvalue weighted by Gasteiger charge is -2.09. The summed E-state index contributed by atoms with van der Waals surface area (Å²) in [7, 11) is -3.67. The number of carbonyl (C=O) groups excluding carboxylic acids is 2. The van der Waals surface area contributed by atoms with Gasteiger partial charge in [-0.2, -0.15) is 0 Å². The Labute approximate surface area is 162 Å². The number of thiophene rings is 1. The van der Waals surface area contributed by atoms with Crippen LogP contribution in [-0.4, -0.2) is 33.2 Å². The number of carbonyl (C=O) groups is 2. The van der Waals surface area contributed by atoms with E-state index in [4.69, 9.17) is 5.73 Å². The highest BCUT2D eigenvalue weighted by atomic mass is 35.5. The third kappa shape index (κ3) is 6.50. The molecule has 1 heterocycles. The molecule has 1 aromatic heterocycles. The van der Waals surface area contributed by atoms with Crippen molar-refractivity contribution in [2.45, 2.75) is 17.7 Å². The van der Waals surface area contributed by atoms with E-state index in [1.165, 1.54) is 29.5 Å². The number of hydrogen-bond donors (Lipinski definition) is 3. The largest absolute Gasteiger partial charge is 0.329 e. The van der Waals surface area contributed by atoms with Gasteiger partial charge in [0.25, 0.3) is 0 Å². The molecule has 0 aliphatic rings. The molecular formula is C16H20ClN3O4S2. The average molecular weight is 418 g/mol. The number of ketones is 1. The summed E-state index contributed by atoms with van der Waals surface area (Å²) in [6.45, 7) is 0.317. The lowest BCUT2D eigenvalue weighted by atomic mass is 10.2. The van der Waals surface area contributed by atoms with Crippen molar-refractivity contribution in [1.29, 1.82) is 0 Å². The van der Waals surface area contributed by atoms with Crippen LogP contribution in [0.25, 0.3) is 0 Å². The normalized spacial score (nSPS) is 10.8. The van der Waals surface area contributed by atoms with Crippen LogP contribution in [0.4, 0.5) is 5.69 Å². The van der Waals surface area contributed by atoms with Crippen molar-refractivity contribution in [1.82, 2.24) is 4.72 Å². The summed E-state index contributed by atoms with van der Waals surface area (Å²) in [6.07, 6.45) is 0.127. The maximum atomic E-state index is 12.1. The van der Waals surface area contributed by atoms with Crippen molar-refractivity contribution in [3.63, 3.8) is 0 Å². The highest BCUT2D eigenvalue weighted by molar-refractivity contribution is 7.89. The minimum atomic E-state index is -3.67. The summed E-state index contributed by atoms with van der Waals surface area (Å²) in [5.74, 6) is -0.443. The van der Waals surface area contributed by atoms with E-state index < -0.39 is 10.0 Å². The van der Waals surface area contributed by atoms with E-state index in [1.54, 1.807) is 23.6 Å². The Bertz CT molecular complexity index is 839. The first-order valence-corrected chi connectivity index (χ1v) is 9.95. The highest BCUT2D eigenvalue weighted by Gasteiger charge is 2.15. The monoisotopic (exact) mass is 417 g/mol. The number of nitrogens with one attached hydrogen (secondary N) is 2. The average Bonchev–Trinajstić information content (AvgIpc) is 3.13. The molecule has 0 fully saturated rings. The van der Waals surface area contributed by atoms with Gasteiger partial charge >= 0.3 is 0 Å². The fraction of sp³-hybridized carbons (Fsp3) is 0.250. The van der Waals surface area contributed by atoms with Crippen molar-refractivity contribution in [2.24, 2.45) is 5.73 Å². The van der Waals surface area contributed by atoms with Gasteiger partial charge in [0.2, 0.25) is 15.9 Å². The molecule has 0 aliphatic carbocycles. The molecule has 0 atom stereocenters. The molecule has 1 aromatic carbocycles. The molecule has 2 rings (SSSR count). The van der Waals surface area contributed by atoms with Gasteiger partial charge in [-0.15, -0.1) is 23.7 Å². The Kier molecular flexibility index (Phi) is 8.89. The van der Waals surface area contributed by atoms with Crippen molar-refractivity contribution in [3.8, 4) is 0 Å². The number of amides is 1. The van der Waals surface area contributed by atoms with Crippen molar-refractivity contribution in [2.75, 3.05) is 18.4 Å². The fourth-order valence-electron chi connectivity index (χ4n) is 2.03. The summed E-state index contributed by atoms with van der Waals surface area (Å²) in [5.41, 5.74) is 5.64. The van der Waals surface area contributed by atoms with Crippen molar-refractivity contribution < 1.29 is 18.0 Å². The van der Waals surface area contributed by atoms with Crippen LogP contribution in [0.1, 0.15) is 22.5 Å². The Morgan fingerprint density at radius 1 is 1.12 bits per heavy atom. The van der Waals surface area contributed by atoms with Crippen molar-refractivity contribution in [3.05, 3.63) is 46.7 Å². The van der Waals surface area contributed by atoms with E-state index in [-0.39, 0.29) is 54.9 Å². The van der Waals surface area contributed by atoms with Crippen LogP contribution in [0.5, 0.6) is 0 Å². The molecule has 4 N–H and O–H groups in total. The number of sulfonamides is 1. The Hall–Kier alpha value is -1.78. The van der Waals surface area contributed by atoms with E-state index >= 15 is 0 Å². The highest BCUT2D eigenvalue weighted by Crippen LogP contribution is 2.16. The zero-order valence-electron chi connectivity index (χ0n) is 13.8. The molecule has 1 amide bonds. The number of halogens is 1. The van der Waals surface area contributed by atoms with Gasteiger partial charge in [0.1, 0.15) is 0 Å². The van der Waals surface area contributed by atoms with Gasteiger partial charge in [0, 0.05) is 31.6 Å². The maximum Gasteiger partial charge on any atom is 0.240 e. The van der Waals surface area contributed by atoms with Gasteiger partial charge in [-0.3, -0.25) is 9.59 Å². The summed E-state index contributed by atoms with van der Waals surface area (Å²) < 4.78 is 26.5. The molecule has 7 nitrogen and oxygen atoms in total. The quantitative estimate of drug-likeness (QED) is 0.539. The number of rotatable bonds is 9. The van der Waals surface area contributed by atoms with E-state index in [9.17, 15) is 18.0 Å². The van der Waals surface area contributed by atoms with Gasteiger partial charge in [-0.05, 0) is 29.6 Å². The molecule has 0 aliphatic heterocycles. The van der Waals surface area contributed by atoms with Gasteiger partial charge in [-0.1, -0.05) is 12.1 Å². The minimum Gasteiger partial charge on any atom is -0.329 e. The van der Waals surface area contributed by atoms with Crippen LogP contribution in [0.2, 0.25) is 0 Å². The number of nitrogens with two attached hydrogens (primary N) is 1. The molecule has 0 saturated carbocycles. The molecule has 0 bridgehead atoms. The summed E-state index contributed by atoms with van der Waals surface area (Å²) in [5, 5.41) is 4.41. The molecular weight excluding hydrogens is 398 g/mol. The van der Waals surface area contributed by atoms with Crippen molar-refractivity contribution >= 4 is 51.1 Å². The second-order valence-electron chi connectivity index (χ2n) is 5.16. The standard InChI is InChI=1S/C16H19N3O4S2.ClH/c17-8-9-18-25(22,23)13-4-1-3-12(11-13)19-16(21)7-6-14(20)15-5-2-10-24-15;/h1-5,10-11,18H,6-9,17H2,(H,19,21);1H. The van der Waals surface area contributed by atoms with Crippen LogP contribution in [-0.2, 0) is 14.8 Å². The number of anilines is 1. The molecule has 0 unspecified atom stereocenters. The second-order valence-corrected chi connectivity index (χ2v) is 7.88. The summed E-state index contributed by atoms with van der Waals surface area (Å²) >= 11 is 1.33. The number of benzene rings is 1. The van der Waals surface area contributed by atoms with E-state index in [2.05, 4.69) is 10.0 Å². The van der Waals surface area contributed by atoms with E-state index in [0.29, 0.717) is 10.6 Å². The lowest BCUT2D eigenvalue weighted by Crippen LogP contribution is -2.29. The zero-order valence-corrected chi connectivity index (χ0v) is 16.3. The van der Waals surface area contributed by atoms with Crippen LogP contribution >= 0.6 is 23.7 Å². The lowest BCUT2D eigenvalue weighted by molar-refractivity contribution is -0.116. The van der Waals surface area contributed by atoms with E-state index in [0.717, 1.165) is 0 Å². The van der Waals surface area contributed by atoms with Crippen LogP contribution in [0, 0.1) is 0 Å². The number of Topliss-reactive ketones (excluding diaryl/α,β-unsaturated/α-hetero) is 1. The molecule has 0 saturated heterocycles. The van der Waals surface area contributed by atoms with Crippen LogP contribution in [0.15, 0.2) is 46.7 Å². The van der Waals surface area contributed by atoms with Gasteiger partial charge < -0.3 is 11.1 Å². The molecule has 142 valence electrons. The summed E-state index contributed by atoms with van der Waals surface area (Å²) in [4.78, 5) is 24.5. The summed E-state index contributed by atoms with van der Waals surface area (Å²) in [6, 6.07) is 9.40. The third-order valence-electron chi connectivity index (χ3n) is 3.24. The Morgan fingerprint density at radius 3 is 2.54 bits per heavy atom. The minimum absolute atomic E-state index is 0. The van der Waals surface area contributed by atoms with Gasteiger partial charge in [-0.25, -0.2) is 13.1 Å². The fourth-order valence-corrected chi connectivity index (χ4v) is 3.82. The van der Waals surface area contributed by atoms with Gasteiger partial charge in [0.15, 0.2) is 5.78 Å². The molecule has 26 heavy (non-hydrogen) atoms. The van der Waals surface area contributed by atoms with Crippen LogP contribution in [0.3, 0.4) is 0 Å². The second kappa shape index (κ2) is 10.4. The Morgan fingerprint density at radius 2 is 1.88 bits per heavy atom. The molecule has 2 aromatic rings. The molecule has 0 spiro atoms. The first-order chi connectivity index (χ1) is 11.9. The van der Waals surface area contributed by atoms with Crippen LogP contribution < -0.4 is 15.8 Å². The molecule has 10 heteroatoms. The first kappa shape index (κ1) is 22.3. The predicted octanol–water partition coefficient (Wildman–Crippen LogP) is 2.01. The number of hydrogen-bond acceptors (Lipinski definition) is 6. The zero-order chi connectivity index (χ0) is 18.3. The molecule has 0 radical (unpaired) electrons. The maximum absolute atomic E-state index is 12.1. The first-order valence-electron chi connectivity index (χ1n) is 7.59. The van der Waals surface area contributed by atoms with E-state index in [1.807, 2.05) is 0 Å². The third-order valence-corrected chi connectivity index (χ3v) is 5.61. The Balaban J connectivity index is 0.00000338. The van der Waals surface area contributed by atoms with Gasteiger partial charge in [0.05, 0.1) is 9.77 Å².